The zero-order valence-electron chi connectivity index (χ0n) is 18.9. The zero-order valence-corrected chi connectivity index (χ0v) is 18.9. The molecule has 0 unspecified atom stereocenters. The number of para-hydroxylation sites is 1. The number of H-pyrrole nitrogens is 1. The Labute approximate surface area is 188 Å². The second kappa shape index (κ2) is 9.14. The van der Waals surface area contributed by atoms with Gasteiger partial charge in [-0.2, -0.15) is 5.10 Å². The fraction of sp³-hybridized carbons (Fsp3) is 0.500. The first-order valence-corrected chi connectivity index (χ1v) is 11.4. The predicted molar refractivity (Wildman–Crippen MR) is 121 cm³/mol. The number of rotatable bonds is 7. The van der Waals surface area contributed by atoms with Crippen molar-refractivity contribution in [3.05, 3.63) is 47.3 Å². The van der Waals surface area contributed by atoms with Gasteiger partial charge in [-0.15, -0.1) is 0 Å². The molecule has 2 aromatic rings. The van der Waals surface area contributed by atoms with E-state index in [9.17, 15) is 14.4 Å². The number of benzene rings is 1. The number of aryl methyl sites for hydroxylation is 1. The Hall–Kier alpha value is -3.16. The second-order valence-electron chi connectivity index (χ2n) is 8.95. The Morgan fingerprint density at radius 3 is 2.78 bits per heavy atom. The first-order valence-electron chi connectivity index (χ1n) is 11.4. The Morgan fingerprint density at radius 1 is 1.28 bits per heavy atom. The van der Waals surface area contributed by atoms with Crippen LogP contribution in [0.25, 0.3) is 0 Å². The van der Waals surface area contributed by atoms with E-state index in [2.05, 4.69) is 27.8 Å². The molecule has 4 atom stereocenters. The quantitative estimate of drug-likeness (QED) is 0.617. The highest BCUT2D eigenvalue weighted by Gasteiger charge is 2.44. The molecule has 0 spiro atoms. The number of hydrogen-bond donors (Lipinski definition) is 3. The molecule has 3 heterocycles. The topological polar surface area (TPSA) is 107 Å². The van der Waals surface area contributed by atoms with Crippen LogP contribution < -0.4 is 15.5 Å². The van der Waals surface area contributed by atoms with E-state index in [-0.39, 0.29) is 29.6 Å². The molecule has 1 aromatic heterocycles. The van der Waals surface area contributed by atoms with Crippen LogP contribution in [-0.2, 0) is 33.8 Å². The third-order valence-corrected chi connectivity index (χ3v) is 6.96. The smallest absolute Gasteiger partial charge is 0.250 e. The second-order valence-corrected chi connectivity index (χ2v) is 8.95. The van der Waals surface area contributed by atoms with Crippen molar-refractivity contribution in [3.63, 3.8) is 0 Å². The molecule has 8 heteroatoms. The molecule has 2 aliphatic rings. The first-order chi connectivity index (χ1) is 15.4. The zero-order chi connectivity index (χ0) is 22.8. The van der Waals surface area contributed by atoms with Gasteiger partial charge in [0.1, 0.15) is 12.1 Å². The minimum Gasteiger partial charge on any atom is -0.350 e. The number of aromatic nitrogens is 2. The van der Waals surface area contributed by atoms with Crippen LogP contribution in [0.5, 0.6) is 0 Å². The van der Waals surface area contributed by atoms with Crippen LogP contribution in [0.4, 0.5) is 5.69 Å². The third-order valence-electron chi connectivity index (χ3n) is 6.96. The molecule has 3 N–H and O–H groups in total. The molecule has 4 rings (SSSR count). The van der Waals surface area contributed by atoms with Crippen LogP contribution in [0, 0.1) is 11.8 Å². The van der Waals surface area contributed by atoms with Crippen molar-refractivity contribution in [1.82, 2.24) is 20.8 Å². The lowest BCUT2D eigenvalue weighted by Gasteiger charge is -2.29. The monoisotopic (exact) mass is 437 g/mol. The van der Waals surface area contributed by atoms with E-state index in [0.29, 0.717) is 25.8 Å². The summed E-state index contributed by atoms with van der Waals surface area (Å²) in [6, 6.07) is 4.70. The van der Waals surface area contributed by atoms with E-state index in [0.717, 1.165) is 28.8 Å². The van der Waals surface area contributed by atoms with Crippen LogP contribution in [0.3, 0.4) is 0 Å². The summed E-state index contributed by atoms with van der Waals surface area (Å²) >= 11 is 0. The number of hydrogen-bond acceptors (Lipinski definition) is 4. The van der Waals surface area contributed by atoms with Crippen LogP contribution in [0.2, 0.25) is 0 Å². The summed E-state index contributed by atoms with van der Waals surface area (Å²) in [6.45, 7) is 6.34. The minimum atomic E-state index is -0.642. The largest absolute Gasteiger partial charge is 0.350 e. The number of carbonyl (C=O) groups excluding carboxylic acids is 3. The highest BCUT2D eigenvalue weighted by atomic mass is 16.2. The summed E-state index contributed by atoms with van der Waals surface area (Å²) in [7, 11) is 0. The summed E-state index contributed by atoms with van der Waals surface area (Å²) < 4.78 is 0. The van der Waals surface area contributed by atoms with Crippen molar-refractivity contribution in [1.29, 1.82) is 0 Å². The molecule has 2 aliphatic heterocycles. The molecule has 3 amide bonds. The van der Waals surface area contributed by atoms with E-state index in [1.807, 2.05) is 32.0 Å². The van der Waals surface area contributed by atoms with Gasteiger partial charge in [0.05, 0.1) is 11.9 Å². The van der Waals surface area contributed by atoms with Crippen LogP contribution >= 0.6 is 0 Å². The molecule has 32 heavy (non-hydrogen) atoms. The standard InChI is InChI=1S/C24H31N5O3/c1-4-14(2)15(3)22(30)28-19-9-8-17-6-5-7-18-10-20(29(21(17)18)24(19)32)23(31)25-11-16-12-26-27-13-16/h5-7,12-15,19-20H,4,8-11H2,1-3H3,(H,25,31)(H,26,27)(H,28,30)/t14-,15-,19-,20-/m0/s1. The molecule has 170 valence electrons. The summed E-state index contributed by atoms with van der Waals surface area (Å²) in [5.41, 5.74) is 3.75. The predicted octanol–water partition coefficient (Wildman–Crippen LogP) is 2.10. The molecule has 0 radical (unpaired) electrons. The first kappa shape index (κ1) is 22.0. The van der Waals surface area contributed by atoms with Crippen LogP contribution in [0.1, 0.15) is 50.3 Å². The fourth-order valence-corrected chi connectivity index (χ4v) is 4.57. The molecule has 1 aromatic carbocycles. The lowest BCUT2D eigenvalue weighted by Crippen LogP contribution is -2.55. The Balaban J connectivity index is 1.56. The highest BCUT2D eigenvalue weighted by molar-refractivity contribution is 6.07. The van der Waals surface area contributed by atoms with Gasteiger partial charge in [0.2, 0.25) is 17.7 Å². The van der Waals surface area contributed by atoms with Gasteiger partial charge in [-0.05, 0) is 29.9 Å². The minimum absolute atomic E-state index is 0.107. The molecule has 0 aliphatic carbocycles. The molecule has 0 saturated heterocycles. The van der Waals surface area contributed by atoms with Gasteiger partial charge in [-0.1, -0.05) is 45.4 Å². The summed E-state index contributed by atoms with van der Waals surface area (Å²) in [5, 5.41) is 12.5. The fourth-order valence-electron chi connectivity index (χ4n) is 4.57. The van der Waals surface area contributed by atoms with E-state index in [1.54, 1.807) is 17.3 Å². The van der Waals surface area contributed by atoms with E-state index >= 15 is 0 Å². The van der Waals surface area contributed by atoms with E-state index in [1.165, 1.54) is 0 Å². The van der Waals surface area contributed by atoms with Crippen molar-refractivity contribution in [3.8, 4) is 0 Å². The van der Waals surface area contributed by atoms with Gasteiger partial charge in [0.15, 0.2) is 0 Å². The van der Waals surface area contributed by atoms with E-state index in [4.69, 9.17) is 0 Å². The maximum Gasteiger partial charge on any atom is 0.250 e. The molecule has 8 nitrogen and oxygen atoms in total. The van der Waals surface area contributed by atoms with Gasteiger partial charge in [-0.3, -0.25) is 24.4 Å². The SMILES string of the molecule is CC[C@H](C)[C@H](C)C(=O)N[C@H]1CCc2cccc3c2N(C1=O)[C@H](C(=O)NCc1cn[nH]c1)C3. The Bertz CT molecular complexity index is 1000. The molecule has 0 saturated carbocycles. The number of nitrogens with zero attached hydrogens (tertiary/aromatic N) is 2. The van der Waals surface area contributed by atoms with Crippen molar-refractivity contribution in [2.45, 2.75) is 65.1 Å². The molecule has 0 fully saturated rings. The third kappa shape index (κ3) is 4.13. The van der Waals surface area contributed by atoms with Crippen molar-refractivity contribution < 1.29 is 14.4 Å². The van der Waals surface area contributed by atoms with Gasteiger partial charge in [-0.25, -0.2) is 0 Å². The van der Waals surface area contributed by atoms with Crippen molar-refractivity contribution >= 4 is 23.4 Å². The van der Waals surface area contributed by atoms with Crippen LogP contribution in [0.15, 0.2) is 30.6 Å². The van der Waals surface area contributed by atoms with Gasteiger partial charge in [0.25, 0.3) is 0 Å². The summed E-state index contributed by atoms with van der Waals surface area (Å²) in [5.74, 6) is -0.470. The van der Waals surface area contributed by atoms with E-state index < -0.39 is 12.1 Å². The lowest BCUT2D eigenvalue weighted by molar-refractivity contribution is -0.131. The number of anilines is 1. The normalized spacial score (nSPS) is 21.5. The average molecular weight is 438 g/mol. The maximum atomic E-state index is 13.6. The Morgan fingerprint density at radius 2 is 2.06 bits per heavy atom. The number of amides is 3. The molecular formula is C24H31N5O3. The lowest BCUT2D eigenvalue weighted by atomic mass is 9.92. The van der Waals surface area contributed by atoms with Crippen LogP contribution in [-0.4, -0.2) is 40.0 Å². The van der Waals surface area contributed by atoms with Gasteiger partial charge in [0, 0.05) is 30.6 Å². The summed E-state index contributed by atoms with van der Waals surface area (Å²) in [4.78, 5) is 41.2. The average Bonchev–Trinajstić information content (AvgIpc) is 3.43. The highest BCUT2D eigenvalue weighted by Crippen LogP contribution is 2.39. The van der Waals surface area contributed by atoms with Crippen molar-refractivity contribution in [2.75, 3.05) is 4.90 Å². The maximum absolute atomic E-state index is 13.6. The molecular weight excluding hydrogens is 406 g/mol. The summed E-state index contributed by atoms with van der Waals surface area (Å²) in [6.07, 6.45) is 5.94. The van der Waals surface area contributed by atoms with Crippen molar-refractivity contribution in [2.24, 2.45) is 11.8 Å². The Kier molecular flexibility index (Phi) is 6.30. The number of aromatic amines is 1. The van der Waals surface area contributed by atoms with Gasteiger partial charge < -0.3 is 10.6 Å². The number of nitrogens with one attached hydrogen (secondary N) is 3. The number of carbonyl (C=O) groups is 3. The van der Waals surface area contributed by atoms with Gasteiger partial charge >= 0.3 is 0 Å². The molecule has 0 bridgehead atoms.